The highest BCUT2D eigenvalue weighted by atomic mass is 31.2. The van der Waals surface area contributed by atoms with Crippen molar-refractivity contribution in [3.63, 3.8) is 0 Å². The first-order valence-electron chi connectivity index (χ1n) is 3.94. The molecule has 5 nitrogen and oxygen atoms in total. The fourth-order valence-electron chi connectivity index (χ4n) is 1.01. The largest absolute Gasteiger partial charge is 0.474 e. The average molecular weight is 196 g/mol. The first-order valence-corrected chi connectivity index (χ1v) is 5.43. The van der Waals surface area contributed by atoms with Crippen molar-refractivity contribution < 1.29 is 23.6 Å². The summed E-state index contributed by atoms with van der Waals surface area (Å²) in [6.45, 7) is 0.209. The lowest BCUT2D eigenvalue weighted by Crippen LogP contribution is -2.09. The number of rotatable bonds is 0. The number of phosphoric acid groups is 1. The summed E-state index contributed by atoms with van der Waals surface area (Å²) in [5.74, 6) is 0. The first-order chi connectivity index (χ1) is 5.60. The van der Waals surface area contributed by atoms with Gasteiger partial charge in [-0.3, -0.25) is 9.05 Å². The highest BCUT2D eigenvalue weighted by Crippen LogP contribution is 2.45. The van der Waals surface area contributed by atoms with E-state index in [-0.39, 0.29) is 6.61 Å². The molecule has 0 aromatic heterocycles. The van der Waals surface area contributed by atoms with Crippen LogP contribution in [0.25, 0.3) is 0 Å². The van der Waals surface area contributed by atoms with Gasteiger partial charge in [-0.1, -0.05) is 6.42 Å². The van der Waals surface area contributed by atoms with E-state index in [1.807, 2.05) is 0 Å². The number of hydrogen-bond acceptors (Lipinski definition) is 4. The molecule has 2 atom stereocenters. The minimum absolute atomic E-state index is 0.209. The van der Waals surface area contributed by atoms with Crippen molar-refractivity contribution in [3.8, 4) is 0 Å². The summed E-state index contributed by atoms with van der Waals surface area (Å²) in [6, 6.07) is 0. The van der Waals surface area contributed by atoms with Crippen LogP contribution in [0.15, 0.2) is 0 Å². The van der Waals surface area contributed by atoms with Gasteiger partial charge in [-0.2, -0.15) is 0 Å². The van der Waals surface area contributed by atoms with Crippen LogP contribution >= 0.6 is 7.82 Å². The van der Waals surface area contributed by atoms with Crippen LogP contribution in [-0.4, -0.2) is 22.9 Å². The van der Waals surface area contributed by atoms with E-state index in [4.69, 9.17) is 10.00 Å². The normalized spacial score (nSPS) is 39.7. The molecule has 2 N–H and O–H groups in total. The summed E-state index contributed by atoms with van der Waals surface area (Å²) in [6.07, 6.45) is 1.58. The van der Waals surface area contributed by atoms with E-state index in [0.29, 0.717) is 6.42 Å². The zero-order valence-corrected chi connectivity index (χ0v) is 7.57. The Bertz CT molecular complexity index is 183. The highest BCUT2D eigenvalue weighted by Gasteiger charge is 2.25. The van der Waals surface area contributed by atoms with E-state index in [2.05, 4.69) is 9.05 Å². The number of aliphatic hydroxyl groups excluding tert-OH is 1. The third kappa shape index (κ3) is 3.65. The zero-order valence-electron chi connectivity index (χ0n) is 6.68. The second-order valence-corrected chi connectivity index (χ2v) is 4.12. The van der Waals surface area contributed by atoms with Crippen LogP contribution in [-0.2, 0) is 13.6 Å². The molecule has 6 heteroatoms. The number of phosphoric ester groups is 1. The van der Waals surface area contributed by atoms with Crippen molar-refractivity contribution in [2.45, 2.75) is 32.0 Å². The third-order valence-electron chi connectivity index (χ3n) is 1.60. The smallest absolute Gasteiger partial charge is 0.367 e. The van der Waals surface area contributed by atoms with Gasteiger partial charge in [0, 0.05) is 0 Å². The summed E-state index contributed by atoms with van der Waals surface area (Å²) in [5.41, 5.74) is 0. The van der Waals surface area contributed by atoms with Crippen LogP contribution in [0.2, 0.25) is 0 Å². The molecule has 0 radical (unpaired) electrons. The molecule has 0 spiro atoms. The van der Waals surface area contributed by atoms with Gasteiger partial charge in [0.25, 0.3) is 0 Å². The average Bonchev–Trinajstić information content (AvgIpc) is 1.99. The maximum atomic E-state index is 10.9. The molecule has 1 aliphatic heterocycles. The predicted octanol–water partition coefficient (Wildman–Crippen LogP) is 1.01. The molecular formula is C6H13O5P. The van der Waals surface area contributed by atoms with Crippen molar-refractivity contribution in [1.82, 2.24) is 0 Å². The zero-order chi connectivity index (χ0) is 9.03. The highest BCUT2D eigenvalue weighted by molar-refractivity contribution is 7.47. The SMILES string of the molecule is O=P1(O)OCCCCCC(O)O1. The molecule has 0 bridgehead atoms. The van der Waals surface area contributed by atoms with Gasteiger partial charge < -0.3 is 10.00 Å². The lowest BCUT2D eigenvalue weighted by Gasteiger charge is -2.13. The lowest BCUT2D eigenvalue weighted by molar-refractivity contribution is -0.0448. The van der Waals surface area contributed by atoms with E-state index < -0.39 is 14.1 Å². The van der Waals surface area contributed by atoms with E-state index >= 15 is 0 Å². The second-order valence-electron chi connectivity index (χ2n) is 2.71. The minimum atomic E-state index is -3.99. The Hall–Kier alpha value is 0.0700. The predicted molar refractivity (Wildman–Crippen MR) is 41.3 cm³/mol. The minimum Gasteiger partial charge on any atom is -0.367 e. The van der Waals surface area contributed by atoms with Crippen molar-refractivity contribution >= 4 is 7.82 Å². The standard InChI is InChI=1S/C6H13O5P/c7-6-4-2-1-3-5-10-12(8,9)11-6/h6-7H,1-5H2,(H,8,9). The molecular weight excluding hydrogens is 183 g/mol. The molecule has 0 aromatic rings. The molecule has 0 aromatic carbocycles. The summed E-state index contributed by atoms with van der Waals surface area (Å²) in [4.78, 5) is 8.93. The Morgan fingerprint density at radius 3 is 2.83 bits per heavy atom. The topological polar surface area (TPSA) is 76.0 Å². The van der Waals surface area contributed by atoms with Gasteiger partial charge >= 0.3 is 7.82 Å². The van der Waals surface area contributed by atoms with Gasteiger partial charge in [0.1, 0.15) is 0 Å². The van der Waals surface area contributed by atoms with E-state index in [9.17, 15) is 4.57 Å². The Kier molecular flexibility index (Phi) is 3.68. The van der Waals surface area contributed by atoms with Gasteiger partial charge in [-0.05, 0) is 19.3 Å². The molecule has 1 fully saturated rings. The van der Waals surface area contributed by atoms with E-state index in [1.54, 1.807) is 0 Å². The molecule has 12 heavy (non-hydrogen) atoms. The van der Waals surface area contributed by atoms with Crippen LogP contribution in [0.4, 0.5) is 0 Å². The molecule has 0 saturated carbocycles. The fraction of sp³-hybridized carbons (Fsp3) is 1.00. The first kappa shape index (κ1) is 10.2. The lowest BCUT2D eigenvalue weighted by atomic mass is 10.2. The Morgan fingerprint density at radius 1 is 1.33 bits per heavy atom. The van der Waals surface area contributed by atoms with Crippen molar-refractivity contribution in [2.24, 2.45) is 0 Å². The summed E-state index contributed by atoms with van der Waals surface area (Å²) >= 11 is 0. The quantitative estimate of drug-likeness (QED) is 0.565. The van der Waals surface area contributed by atoms with Gasteiger partial charge in [0.05, 0.1) is 6.61 Å². The summed E-state index contributed by atoms with van der Waals surface area (Å²) in [7, 11) is -3.99. The van der Waals surface area contributed by atoms with Crippen LogP contribution in [0.5, 0.6) is 0 Å². The molecule has 1 heterocycles. The van der Waals surface area contributed by atoms with Gasteiger partial charge in [-0.15, -0.1) is 0 Å². The van der Waals surface area contributed by atoms with Crippen molar-refractivity contribution in [3.05, 3.63) is 0 Å². The second kappa shape index (κ2) is 4.35. The summed E-state index contributed by atoms with van der Waals surface area (Å²) in [5, 5.41) is 9.04. The van der Waals surface area contributed by atoms with Crippen LogP contribution < -0.4 is 0 Å². The van der Waals surface area contributed by atoms with Crippen LogP contribution in [0.1, 0.15) is 25.7 Å². The number of hydrogen-bond donors (Lipinski definition) is 2. The number of aliphatic hydroxyl groups is 1. The van der Waals surface area contributed by atoms with E-state index in [1.165, 1.54) is 0 Å². The summed E-state index contributed by atoms with van der Waals surface area (Å²) < 4.78 is 19.9. The van der Waals surface area contributed by atoms with Crippen LogP contribution in [0.3, 0.4) is 0 Å². The third-order valence-corrected chi connectivity index (χ3v) is 2.62. The molecule has 1 saturated heterocycles. The maximum absolute atomic E-state index is 10.9. The fourth-order valence-corrected chi connectivity index (χ4v) is 1.85. The van der Waals surface area contributed by atoms with Gasteiger partial charge in [-0.25, -0.2) is 4.57 Å². The van der Waals surface area contributed by atoms with Crippen molar-refractivity contribution in [1.29, 1.82) is 0 Å². The molecule has 0 aliphatic carbocycles. The Balaban J connectivity index is 2.49. The molecule has 1 rings (SSSR count). The van der Waals surface area contributed by atoms with Gasteiger partial charge in [0.2, 0.25) is 0 Å². The molecule has 1 aliphatic rings. The Morgan fingerprint density at radius 2 is 2.08 bits per heavy atom. The molecule has 2 unspecified atom stereocenters. The molecule has 0 amide bonds. The Labute approximate surface area is 70.9 Å². The van der Waals surface area contributed by atoms with Gasteiger partial charge in [0.15, 0.2) is 6.29 Å². The maximum Gasteiger partial charge on any atom is 0.474 e. The van der Waals surface area contributed by atoms with Crippen LogP contribution in [0, 0.1) is 0 Å². The van der Waals surface area contributed by atoms with E-state index in [0.717, 1.165) is 19.3 Å². The monoisotopic (exact) mass is 196 g/mol. The molecule has 72 valence electrons. The van der Waals surface area contributed by atoms with Crippen molar-refractivity contribution in [2.75, 3.05) is 6.61 Å².